The normalized spacial score (nSPS) is 26.3. The van der Waals surface area contributed by atoms with Gasteiger partial charge in [0.1, 0.15) is 0 Å². The SMILES string of the molecule is COC1CCN(C(=O)CCC2CCC[N]C2)CC1. The third kappa shape index (κ3) is 3.95. The molecule has 2 aliphatic rings. The first-order chi connectivity index (χ1) is 8.79. The molecule has 1 radical (unpaired) electrons. The maximum atomic E-state index is 12.1. The lowest BCUT2D eigenvalue weighted by atomic mass is 9.94. The second-order valence-electron chi connectivity index (χ2n) is 5.49. The number of hydrogen-bond donors (Lipinski definition) is 0. The third-order valence-corrected chi connectivity index (χ3v) is 4.21. The summed E-state index contributed by atoms with van der Waals surface area (Å²) in [7, 11) is 1.76. The lowest BCUT2D eigenvalue weighted by Crippen LogP contribution is -2.40. The molecule has 0 saturated carbocycles. The molecule has 2 heterocycles. The van der Waals surface area contributed by atoms with Crippen molar-refractivity contribution >= 4 is 5.91 Å². The van der Waals surface area contributed by atoms with Crippen molar-refractivity contribution in [2.24, 2.45) is 5.92 Å². The predicted molar refractivity (Wildman–Crippen MR) is 70.4 cm³/mol. The third-order valence-electron chi connectivity index (χ3n) is 4.21. The molecule has 2 saturated heterocycles. The highest BCUT2D eigenvalue weighted by Gasteiger charge is 2.23. The Labute approximate surface area is 110 Å². The number of carbonyl (C=O) groups excluding carboxylic acids is 1. The summed E-state index contributed by atoms with van der Waals surface area (Å²) in [6, 6.07) is 0. The van der Waals surface area contributed by atoms with Gasteiger partial charge in [-0.25, -0.2) is 5.32 Å². The van der Waals surface area contributed by atoms with Crippen LogP contribution in [0, 0.1) is 5.92 Å². The highest BCUT2D eigenvalue weighted by atomic mass is 16.5. The van der Waals surface area contributed by atoms with Gasteiger partial charge in [-0.05, 0) is 38.0 Å². The average molecular weight is 253 g/mol. The van der Waals surface area contributed by atoms with Gasteiger partial charge in [0.25, 0.3) is 0 Å². The van der Waals surface area contributed by atoms with E-state index in [4.69, 9.17) is 4.74 Å². The van der Waals surface area contributed by atoms with Gasteiger partial charge < -0.3 is 9.64 Å². The minimum absolute atomic E-state index is 0.329. The van der Waals surface area contributed by atoms with E-state index in [1.54, 1.807) is 7.11 Å². The largest absolute Gasteiger partial charge is 0.381 e. The van der Waals surface area contributed by atoms with E-state index in [-0.39, 0.29) is 0 Å². The monoisotopic (exact) mass is 253 g/mol. The first-order valence-corrected chi connectivity index (χ1v) is 7.23. The maximum Gasteiger partial charge on any atom is 0.222 e. The minimum Gasteiger partial charge on any atom is -0.381 e. The molecule has 1 unspecified atom stereocenters. The summed E-state index contributed by atoms with van der Waals surface area (Å²) in [4.78, 5) is 14.1. The molecule has 0 aliphatic carbocycles. The zero-order chi connectivity index (χ0) is 12.8. The van der Waals surface area contributed by atoms with Crippen molar-refractivity contribution < 1.29 is 9.53 Å². The van der Waals surface area contributed by atoms with Gasteiger partial charge in [0.2, 0.25) is 5.91 Å². The Morgan fingerprint density at radius 3 is 2.72 bits per heavy atom. The van der Waals surface area contributed by atoms with Gasteiger partial charge in [0.15, 0.2) is 0 Å². The van der Waals surface area contributed by atoms with E-state index in [9.17, 15) is 4.79 Å². The van der Waals surface area contributed by atoms with E-state index in [1.165, 1.54) is 12.8 Å². The molecule has 0 aromatic rings. The number of rotatable bonds is 4. The van der Waals surface area contributed by atoms with Crippen LogP contribution in [0.25, 0.3) is 0 Å². The fraction of sp³-hybridized carbons (Fsp3) is 0.929. The van der Waals surface area contributed by atoms with Crippen molar-refractivity contribution in [1.29, 1.82) is 0 Å². The molecular formula is C14H25N2O2. The summed E-state index contributed by atoms with van der Waals surface area (Å²) in [6.07, 6.45) is 6.51. The van der Waals surface area contributed by atoms with Crippen molar-refractivity contribution in [1.82, 2.24) is 10.2 Å². The standard InChI is InChI=1S/C14H25N2O2/c1-18-13-6-9-16(10-7-13)14(17)5-4-12-3-2-8-15-11-12/h12-13H,2-11H2,1H3. The number of methoxy groups -OCH3 is 1. The summed E-state index contributed by atoms with van der Waals surface area (Å²) in [5, 5.41) is 4.43. The molecule has 1 amide bonds. The van der Waals surface area contributed by atoms with Crippen LogP contribution in [0.5, 0.6) is 0 Å². The molecular weight excluding hydrogens is 228 g/mol. The molecule has 0 aromatic heterocycles. The second-order valence-corrected chi connectivity index (χ2v) is 5.49. The smallest absolute Gasteiger partial charge is 0.222 e. The lowest BCUT2D eigenvalue weighted by molar-refractivity contribution is -0.133. The van der Waals surface area contributed by atoms with Gasteiger partial charge in [-0.1, -0.05) is 0 Å². The molecule has 0 bridgehead atoms. The molecule has 4 nitrogen and oxygen atoms in total. The van der Waals surface area contributed by atoms with Crippen molar-refractivity contribution in [3.05, 3.63) is 0 Å². The van der Waals surface area contributed by atoms with E-state index in [2.05, 4.69) is 5.32 Å². The van der Waals surface area contributed by atoms with Crippen LogP contribution in [0.1, 0.15) is 38.5 Å². The quantitative estimate of drug-likeness (QED) is 0.760. The van der Waals surface area contributed by atoms with E-state index < -0.39 is 0 Å². The van der Waals surface area contributed by atoms with E-state index >= 15 is 0 Å². The van der Waals surface area contributed by atoms with Gasteiger partial charge in [-0.2, -0.15) is 0 Å². The van der Waals surface area contributed by atoms with E-state index in [1.807, 2.05) is 4.90 Å². The Morgan fingerprint density at radius 2 is 2.11 bits per heavy atom. The summed E-state index contributed by atoms with van der Waals surface area (Å²) in [6.45, 7) is 3.73. The van der Waals surface area contributed by atoms with Crippen LogP contribution in [0.4, 0.5) is 0 Å². The molecule has 2 aliphatic heterocycles. The van der Waals surface area contributed by atoms with Gasteiger partial charge in [0, 0.05) is 39.7 Å². The second kappa shape index (κ2) is 7.10. The summed E-state index contributed by atoms with van der Waals surface area (Å²) in [5.74, 6) is 0.981. The highest BCUT2D eigenvalue weighted by molar-refractivity contribution is 5.76. The van der Waals surface area contributed by atoms with Crippen molar-refractivity contribution in [3.8, 4) is 0 Å². The topological polar surface area (TPSA) is 43.6 Å². The molecule has 0 N–H and O–H groups in total. The predicted octanol–water partition coefficient (Wildman–Crippen LogP) is 1.42. The molecule has 1 atom stereocenters. The van der Waals surface area contributed by atoms with Crippen molar-refractivity contribution in [3.63, 3.8) is 0 Å². The number of piperidine rings is 2. The number of carbonyl (C=O) groups is 1. The molecule has 0 aromatic carbocycles. The van der Waals surface area contributed by atoms with Crippen molar-refractivity contribution in [2.75, 3.05) is 33.3 Å². The molecule has 0 spiro atoms. The minimum atomic E-state index is 0.329. The van der Waals surface area contributed by atoms with Crippen molar-refractivity contribution in [2.45, 2.75) is 44.6 Å². The van der Waals surface area contributed by atoms with Gasteiger partial charge in [-0.15, -0.1) is 0 Å². The molecule has 4 heteroatoms. The molecule has 2 fully saturated rings. The van der Waals surface area contributed by atoms with Crippen LogP contribution < -0.4 is 5.32 Å². The van der Waals surface area contributed by atoms with Gasteiger partial charge in [-0.3, -0.25) is 4.79 Å². The Hall–Kier alpha value is -0.610. The average Bonchev–Trinajstić information content (AvgIpc) is 2.46. The van der Waals surface area contributed by atoms with Crippen LogP contribution in [-0.4, -0.2) is 50.2 Å². The maximum absolute atomic E-state index is 12.1. The lowest BCUT2D eigenvalue weighted by Gasteiger charge is -2.31. The Morgan fingerprint density at radius 1 is 1.33 bits per heavy atom. The summed E-state index contributed by atoms with van der Waals surface area (Å²) in [5.41, 5.74) is 0. The number of likely N-dealkylation sites (tertiary alicyclic amines) is 1. The van der Waals surface area contributed by atoms with Crippen LogP contribution in [0.15, 0.2) is 0 Å². The highest BCUT2D eigenvalue weighted by Crippen LogP contribution is 2.19. The fourth-order valence-electron chi connectivity index (χ4n) is 2.92. The van der Waals surface area contributed by atoms with Crippen LogP contribution in [0.3, 0.4) is 0 Å². The molecule has 18 heavy (non-hydrogen) atoms. The van der Waals surface area contributed by atoms with Crippen LogP contribution in [-0.2, 0) is 9.53 Å². The Balaban J connectivity index is 1.65. The molecule has 2 rings (SSSR count). The number of amides is 1. The van der Waals surface area contributed by atoms with Crippen LogP contribution >= 0.6 is 0 Å². The Kier molecular flexibility index (Phi) is 5.45. The molecule has 103 valence electrons. The van der Waals surface area contributed by atoms with E-state index in [0.29, 0.717) is 24.3 Å². The number of nitrogens with zero attached hydrogens (tertiary/aromatic N) is 2. The van der Waals surface area contributed by atoms with E-state index in [0.717, 1.165) is 45.4 Å². The summed E-state index contributed by atoms with van der Waals surface area (Å²) >= 11 is 0. The number of hydrogen-bond acceptors (Lipinski definition) is 2. The van der Waals surface area contributed by atoms with Gasteiger partial charge in [0.05, 0.1) is 6.10 Å². The zero-order valence-electron chi connectivity index (χ0n) is 11.4. The van der Waals surface area contributed by atoms with Crippen LogP contribution in [0.2, 0.25) is 0 Å². The zero-order valence-corrected chi connectivity index (χ0v) is 11.4. The fourth-order valence-corrected chi connectivity index (χ4v) is 2.92. The Bertz CT molecular complexity index is 257. The first-order valence-electron chi connectivity index (χ1n) is 7.23. The number of ether oxygens (including phenoxy) is 1. The summed E-state index contributed by atoms with van der Waals surface area (Å²) < 4.78 is 5.32. The van der Waals surface area contributed by atoms with Gasteiger partial charge >= 0.3 is 0 Å². The first kappa shape index (κ1) is 13.8.